The summed E-state index contributed by atoms with van der Waals surface area (Å²) in [5.74, 6) is -0.0371. The maximum absolute atomic E-state index is 11.9. The molecule has 0 heterocycles. The molecule has 0 aromatic heterocycles. The fourth-order valence-electron chi connectivity index (χ4n) is 1.37. The summed E-state index contributed by atoms with van der Waals surface area (Å²) in [5, 5.41) is 12.0. The number of aromatic hydroxyl groups is 1. The highest BCUT2D eigenvalue weighted by atomic mass is 127. The smallest absolute Gasteiger partial charge is 0.255 e. The highest BCUT2D eigenvalue weighted by molar-refractivity contribution is 14.1. The summed E-state index contributed by atoms with van der Waals surface area (Å²) in [6.45, 7) is 0. The van der Waals surface area contributed by atoms with Gasteiger partial charge in [0.05, 0.1) is 5.69 Å². The SMILES string of the molecule is O=C(Nc1ccccc1I)c1ccc(O)cc1. The molecule has 2 N–H and O–H groups in total. The second-order valence-corrected chi connectivity index (χ2v) is 4.64. The van der Waals surface area contributed by atoms with Gasteiger partial charge in [0.2, 0.25) is 0 Å². The van der Waals surface area contributed by atoms with E-state index in [2.05, 4.69) is 27.9 Å². The number of hydrogen-bond donors (Lipinski definition) is 2. The van der Waals surface area contributed by atoms with E-state index in [9.17, 15) is 4.79 Å². The van der Waals surface area contributed by atoms with Crippen molar-refractivity contribution in [1.29, 1.82) is 0 Å². The van der Waals surface area contributed by atoms with Crippen LogP contribution >= 0.6 is 22.6 Å². The van der Waals surface area contributed by atoms with E-state index in [1.807, 2.05) is 24.3 Å². The summed E-state index contributed by atoms with van der Waals surface area (Å²) in [6, 6.07) is 13.7. The van der Waals surface area contributed by atoms with Crippen LogP contribution in [0.4, 0.5) is 5.69 Å². The molecule has 0 saturated heterocycles. The Hall–Kier alpha value is -1.56. The summed E-state index contributed by atoms with van der Waals surface area (Å²) >= 11 is 2.16. The van der Waals surface area contributed by atoms with E-state index < -0.39 is 0 Å². The van der Waals surface area contributed by atoms with E-state index in [0.29, 0.717) is 5.56 Å². The quantitative estimate of drug-likeness (QED) is 0.826. The van der Waals surface area contributed by atoms with E-state index in [1.165, 1.54) is 12.1 Å². The number of carbonyl (C=O) groups excluding carboxylic acids is 1. The van der Waals surface area contributed by atoms with Crippen LogP contribution in [0.5, 0.6) is 5.75 Å². The van der Waals surface area contributed by atoms with Gasteiger partial charge in [-0.1, -0.05) is 12.1 Å². The van der Waals surface area contributed by atoms with E-state index in [0.717, 1.165) is 9.26 Å². The van der Waals surface area contributed by atoms with Gasteiger partial charge in [0.15, 0.2) is 0 Å². The lowest BCUT2D eigenvalue weighted by atomic mass is 10.2. The molecule has 0 fully saturated rings. The van der Waals surface area contributed by atoms with Gasteiger partial charge in [-0.3, -0.25) is 4.79 Å². The number of hydrogen-bond acceptors (Lipinski definition) is 2. The normalized spacial score (nSPS) is 9.94. The molecule has 0 atom stereocenters. The summed E-state index contributed by atoms with van der Waals surface area (Å²) in [4.78, 5) is 11.9. The van der Waals surface area contributed by atoms with Crippen molar-refractivity contribution in [2.45, 2.75) is 0 Å². The van der Waals surface area contributed by atoms with Crippen LogP contribution in [0.2, 0.25) is 0 Å². The lowest BCUT2D eigenvalue weighted by Gasteiger charge is -2.07. The molecule has 2 aromatic rings. The van der Waals surface area contributed by atoms with Crippen LogP contribution in [-0.2, 0) is 0 Å². The molecule has 0 unspecified atom stereocenters. The number of nitrogens with one attached hydrogen (secondary N) is 1. The van der Waals surface area contributed by atoms with Crippen molar-refractivity contribution < 1.29 is 9.90 Å². The molecule has 2 rings (SSSR count). The Morgan fingerprint density at radius 2 is 1.71 bits per heavy atom. The van der Waals surface area contributed by atoms with Crippen LogP contribution < -0.4 is 5.32 Å². The fraction of sp³-hybridized carbons (Fsp3) is 0. The van der Waals surface area contributed by atoms with Crippen molar-refractivity contribution in [2.24, 2.45) is 0 Å². The van der Waals surface area contributed by atoms with Gasteiger partial charge in [-0.25, -0.2) is 0 Å². The Balaban J connectivity index is 2.17. The predicted octanol–water partition coefficient (Wildman–Crippen LogP) is 3.25. The summed E-state index contributed by atoms with van der Waals surface area (Å²) in [5.41, 5.74) is 1.30. The van der Waals surface area contributed by atoms with Crippen molar-refractivity contribution in [3.8, 4) is 5.75 Å². The van der Waals surface area contributed by atoms with Gasteiger partial charge in [-0.15, -0.1) is 0 Å². The van der Waals surface area contributed by atoms with Crippen molar-refractivity contribution >= 4 is 34.2 Å². The number of anilines is 1. The molecule has 0 radical (unpaired) electrons. The lowest BCUT2D eigenvalue weighted by Crippen LogP contribution is -2.12. The van der Waals surface area contributed by atoms with Gasteiger partial charge in [0.1, 0.15) is 5.75 Å². The van der Waals surface area contributed by atoms with Crippen LogP contribution in [0.3, 0.4) is 0 Å². The van der Waals surface area contributed by atoms with Crippen molar-refractivity contribution in [2.75, 3.05) is 5.32 Å². The highest BCUT2D eigenvalue weighted by Crippen LogP contribution is 2.18. The number of carbonyl (C=O) groups is 1. The first-order valence-electron chi connectivity index (χ1n) is 5.02. The number of halogens is 1. The van der Waals surface area contributed by atoms with Crippen molar-refractivity contribution in [3.63, 3.8) is 0 Å². The molecular formula is C13H10INO2. The average molecular weight is 339 g/mol. The minimum atomic E-state index is -0.186. The molecule has 0 aliphatic heterocycles. The Morgan fingerprint density at radius 3 is 2.35 bits per heavy atom. The molecule has 1 amide bonds. The number of benzene rings is 2. The Morgan fingerprint density at radius 1 is 1.06 bits per heavy atom. The molecule has 3 nitrogen and oxygen atoms in total. The molecule has 0 aliphatic rings. The van der Waals surface area contributed by atoms with Crippen LogP contribution in [-0.4, -0.2) is 11.0 Å². The van der Waals surface area contributed by atoms with Crippen LogP contribution in [0.25, 0.3) is 0 Å². The van der Waals surface area contributed by atoms with E-state index in [4.69, 9.17) is 5.11 Å². The molecule has 0 aliphatic carbocycles. The summed E-state index contributed by atoms with van der Waals surface area (Å²) in [7, 11) is 0. The zero-order valence-electron chi connectivity index (χ0n) is 8.85. The first kappa shape index (κ1) is 11.9. The molecule has 86 valence electrons. The minimum Gasteiger partial charge on any atom is -0.508 e. The van der Waals surface area contributed by atoms with Crippen LogP contribution in [0.1, 0.15) is 10.4 Å². The third kappa shape index (κ3) is 2.97. The first-order valence-corrected chi connectivity index (χ1v) is 6.09. The number of phenols is 1. The molecule has 17 heavy (non-hydrogen) atoms. The van der Waals surface area contributed by atoms with Gasteiger partial charge < -0.3 is 10.4 Å². The van der Waals surface area contributed by atoms with Crippen LogP contribution in [0, 0.1) is 3.57 Å². The zero-order valence-corrected chi connectivity index (χ0v) is 11.0. The highest BCUT2D eigenvalue weighted by Gasteiger charge is 2.07. The summed E-state index contributed by atoms with van der Waals surface area (Å²) in [6.07, 6.45) is 0. The van der Waals surface area contributed by atoms with Gasteiger partial charge in [-0.05, 0) is 59.0 Å². The van der Waals surface area contributed by atoms with Gasteiger partial charge in [0.25, 0.3) is 5.91 Å². The summed E-state index contributed by atoms with van der Waals surface area (Å²) < 4.78 is 0.984. The van der Waals surface area contributed by atoms with E-state index >= 15 is 0 Å². The lowest BCUT2D eigenvalue weighted by molar-refractivity contribution is 0.102. The van der Waals surface area contributed by atoms with Gasteiger partial charge in [0, 0.05) is 9.13 Å². The topological polar surface area (TPSA) is 49.3 Å². The second-order valence-electron chi connectivity index (χ2n) is 3.48. The average Bonchev–Trinajstić information content (AvgIpc) is 2.33. The third-order valence-corrected chi connectivity index (χ3v) is 3.19. The molecule has 2 aromatic carbocycles. The molecule has 0 saturated carbocycles. The molecule has 0 bridgehead atoms. The maximum atomic E-state index is 11.9. The van der Waals surface area contributed by atoms with Crippen LogP contribution in [0.15, 0.2) is 48.5 Å². The fourth-order valence-corrected chi connectivity index (χ4v) is 1.89. The Labute approximate surface area is 113 Å². The molecule has 0 spiro atoms. The number of rotatable bonds is 2. The monoisotopic (exact) mass is 339 g/mol. The molecule has 4 heteroatoms. The maximum Gasteiger partial charge on any atom is 0.255 e. The van der Waals surface area contributed by atoms with Crippen molar-refractivity contribution in [1.82, 2.24) is 0 Å². The van der Waals surface area contributed by atoms with E-state index in [-0.39, 0.29) is 11.7 Å². The zero-order chi connectivity index (χ0) is 12.3. The molecular weight excluding hydrogens is 329 g/mol. The first-order chi connectivity index (χ1) is 8.16. The third-order valence-electron chi connectivity index (χ3n) is 2.25. The number of para-hydroxylation sites is 1. The van der Waals surface area contributed by atoms with E-state index in [1.54, 1.807) is 12.1 Å². The Bertz CT molecular complexity index is 537. The largest absolute Gasteiger partial charge is 0.508 e. The number of phenolic OH excluding ortho intramolecular Hbond substituents is 1. The van der Waals surface area contributed by atoms with Gasteiger partial charge >= 0.3 is 0 Å². The standard InChI is InChI=1S/C13H10INO2/c14-11-3-1-2-4-12(11)15-13(17)9-5-7-10(16)8-6-9/h1-8,16H,(H,15,17). The predicted molar refractivity (Wildman–Crippen MR) is 75.2 cm³/mol. The minimum absolute atomic E-state index is 0.149. The Kier molecular flexibility index (Phi) is 3.63. The van der Waals surface area contributed by atoms with Crippen molar-refractivity contribution in [3.05, 3.63) is 57.7 Å². The second kappa shape index (κ2) is 5.18. The van der Waals surface area contributed by atoms with Gasteiger partial charge in [-0.2, -0.15) is 0 Å². The number of amides is 1.